The summed E-state index contributed by atoms with van der Waals surface area (Å²) in [5.41, 5.74) is 0.561. The Kier molecular flexibility index (Phi) is 4.82. The lowest BCUT2D eigenvalue weighted by Gasteiger charge is -2.13. The van der Waals surface area contributed by atoms with Gasteiger partial charge in [0.1, 0.15) is 5.75 Å². The summed E-state index contributed by atoms with van der Waals surface area (Å²) in [6.45, 7) is 1.61. The molecule has 0 bridgehead atoms. The lowest BCUT2D eigenvalue weighted by Crippen LogP contribution is -2.30. The molecule has 1 unspecified atom stereocenters. The highest BCUT2D eigenvalue weighted by molar-refractivity contribution is 7.22. The molecule has 0 radical (unpaired) electrons. The first kappa shape index (κ1) is 17.1. The number of nitrogens with one attached hydrogen (secondary N) is 1. The quantitative estimate of drug-likeness (QED) is 0.529. The van der Waals surface area contributed by atoms with Crippen molar-refractivity contribution in [3.05, 3.63) is 57.6 Å². The van der Waals surface area contributed by atoms with Gasteiger partial charge in [0.2, 0.25) is 0 Å². The van der Waals surface area contributed by atoms with Crippen molar-refractivity contribution in [1.82, 2.24) is 4.98 Å². The third-order valence-corrected chi connectivity index (χ3v) is 4.49. The number of hydrogen-bond donors (Lipinski definition) is 1. The van der Waals surface area contributed by atoms with Crippen LogP contribution in [0.5, 0.6) is 5.75 Å². The number of thiazole rings is 1. The zero-order valence-electron chi connectivity index (χ0n) is 12.9. The third-order valence-electron chi connectivity index (χ3n) is 3.31. The average Bonchev–Trinajstić information content (AvgIpc) is 2.98. The summed E-state index contributed by atoms with van der Waals surface area (Å²) >= 11 is 6.97. The number of nitro groups is 1. The lowest BCUT2D eigenvalue weighted by molar-refractivity contribution is -0.384. The van der Waals surface area contributed by atoms with Crippen LogP contribution in [0.25, 0.3) is 10.2 Å². The van der Waals surface area contributed by atoms with Crippen LogP contribution in [0, 0.1) is 10.1 Å². The number of nitro benzene ring substituents is 1. The SMILES string of the molecule is CC(Oc1ccc(Cl)cc1)C(=O)Nc1nc2ccc([N+](=O)[O-])cc2s1. The highest BCUT2D eigenvalue weighted by Gasteiger charge is 2.17. The standard InChI is InChI=1S/C16H12ClN3O4S/c1-9(24-12-5-2-10(17)3-6-12)15(21)19-16-18-13-7-4-11(20(22)23)8-14(13)25-16/h2-9H,1H3,(H,18,19,21). The van der Waals surface area contributed by atoms with Crippen molar-refractivity contribution in [1.29, 1.82) is 0 Å². The molecule has 0 saturated heterocycles. The van der Waals surface area contributed by atoms with Crippen molar-refractivity contribution in [2.45, 2.75) is 13.0 Å². The summed E-state index contributed by atoms with van der Waals surface area (Å²) in [6, 6.07) is 11.0. The highest BCUT2D eigenvalue weighted by Crippen LogP contribution is 2.29. The van der Waals surface area contributed by atoms with E-state index >= 15 is 0 Å². The molecule has 2 aromatic carbocycles. The minimum atomic E-state index is -0.748. The van der Waals surface area contributed by atoms with Gasteiger partial charge >= 0.3 is 0 Å². The molecule has 128 valence electrons. The molecule has 1 N–H and O–H groups in total. The molecular formula is C16H12ClN3O4S. The van der Waals surface area contributed by atoms with Crippen molar-refractivity contribution >= 4 is 49.9 Å². The molecule has 0 aliphatic rings. The first-order valence-electron chi connectivity index (χ1n) is 7.20. The Hall–Kier alpha value is -2.71. The normalized spacial score (nSPS) is 11.9. The number of rotatable bonds is 5. The molecular weight excluding hydrogens is 366 g/mol. The molecule has 25 heavy (non-hydrogen) atoms. The van der Waals surface area contributed by atoms with Crippen LogP contribution in [0.1, 0.15) is 6.92 Å². The first-order valence-corrected chi connectivity index (χ1v) is 8.40. The minimum absolute atomic E-state index is 0.0199. The Morgan fingerprint density at radius 1 is 1.32 bits per heavy atom. The second-order valence-corrected chi connectivity index (χ2v) is 6.60. The van der Waals surface area contributed by atoms with Gasteiger partial charge in [-0.3, -0.25) is 20.2 Å². The number of hydrogen-bond acceptors (Lipinski definition) is 6. The molecule has 1 aromatic heterocycles. The smallest absolute Gasteiger partial charge is 0.270 e. The zero-order valence-corrected chi connectivity index (χ0v) is 14.5. The molecule has 7 nitrogen and oxygen atoms in total. The highest BCUT2D eigenvalue weighted by atomic mass is 35.5. The Bertz CT molecular complexity index is 942. The fraction of sp³-hybridized carbons (Fsp3) is 0.125. The van der Waals surface area contributed by atoms with E-state index in [4.69, 9.17) is 16.3 Å². The summed E-state index contributed by atoms with van der Waals surface area (Å²) in [6.07, 6.45) is -0.748. The zero-order chi connectivity index (χ0) is 18.0. The molecule has 3 aromatic rings. The Labute approximate surface area is 151 Å². The second kappa shape index (κ2) is 7.04. The number of non-ortho nitro benzene ring substituents is 1. The number of aromatic nitrogens is 1. The number of amides is 1. The Morgan fingerprint density at radius 2 is 2.04 bits per heavy atom. The summed E-state index contributed by atoms with van der Waals surface area (Å²) in [5.74, 6) is 0.149. The van der Waals surface area contributed by atoms with E-state index in [1.165, 1.54) is 12.1 Å². The third kappa shape index (κ3) is 4.04. The van der Waals surface area contributed by atoms with E-state index in [2.05, 4.69) is 10.3 Å². The van der Waals surface area contributed by atoms with E-state index in [0.717, 1.165) is 11.3 Å². The van der Waals surface area contributed by atoms with Gasteiger partial charge in [-0.05, 0) is 37.3 Å². The number of nitrogens with zero attached hydrogens (tertiary/aromatic N) is 2. The van der Waals surface area contributed by atoms with Crippen molar-refractivity contribution in [3.8, 4) is 5.75 Å². The van der Waals surface area contributed by atoms with Gasteiger partial charge in [-0.15, -0.1) is 0 Å². The van der Waals surface area contributed by atoms with E-state index in [-0.39, 0.29) is 11.6 Å². The van der Waals surface area contributed by atoms with Gasteiger partial charge in [-0.1, -0.05) is 22.9 Å². The lowest BCUT2D eigenvalue weighted by atomic mass is 10.3. The molecule has 0 spiro atoms. The fourth-order valence-electron chi connectivity index (χ4n) is 2.06. The number of carbonyl (C=O) groups is 1. The number of fused-ring (bicyclic) bond motifs is 1. The van der Waals surface area contributed by atoms with Crippen LogP contribution in [0.3, 0.4) is 0 Å². The Morgan fingerprint density at radius 3 is 2.72 bits per heavy atom. The predicted molar refractivity (Wildman–Crippen MR) is 96.4 cm³/mol. The van der Waals surface area contributed by atoms with E-state index < -0.39 is 11.0 Å². The van der Waals surface area contributed by atoms with Crippen LogP contribution < -0.4 is 10.1 Å². The average molecular weight is 378 g/mol. The van der Waals surface area contributed by atoms with Crippen molar-refractivity contribution in [2.24, 2.45) is 0 Å². The van der Waals surface area contributed by atoms with E-state index in [9.17, 15) is 14.9 Å². The molecule has 1 amide bonds. The van der Waals surface area contributed by atoms with Gasteiger partial charge in [0.15, 0.2) is 11.2 Å². The minimum Gasteiger partial charge on any atom is -0.481 e. The fourth-order valence-corrected chi connectivity index (χ4v) is 3.09. The maximum Gasteiger partial charge on any atom is 0.270 e. The maximum absolute atomic E-state index is 12.2. The van der Waals surface area contributed by atoms with E-state index in [1.807, 2.05) is 0 Å². The molecule has 1 heterocycles. The summed E-state index contributed by atoms with van der Waals surface area (Å²) in [5, 5.41) is 14.4. The van der Waals surface area contributed by atoms with Crippen LogP contribution in [-0.2, 0) is 4.79 Å². The maximum atomic E-state index is 12.2. The molecule has 0 fully saturated rings. The van der Waals surface area contributed by atoms with Crippen LogP contribution in [0.2, 0.25) is 5.02 Å². The molecule has 1 atom stereocenters. The molecule has 0 saturated carbocycles. The number of anilines is 1. The topological polar surface area (TPSA) is 94.4 Å². The Balaban J connectivity index is 1.70. The first-order chi connectivity index (χ1) is 11.9. The summed E-state index contributed by atoms with van der Waals surface area (Å²) in [7, 11) is 0. The molecule has 3 rings (SSSR count). The van der Waals surface area contributed by atoms with E-state index in [0.29, 0.717) is 26.1 Å². The van der Waals surface area contributed by atoms with Gasteiger partial charge in [0, 0.05) is 17.2 Å². The number of carbonyl (C=O) groups excluding carboxylic acids is 1. The van der Waals surface area contributed by atoms with Gasteiger partial charge in [-0.25, -0.2) is 4.98 Å². The van der Waals surface area contributed by atoms with Crippen molar-refractivity contribution < 1.29 is 14.5 Å². The number of halogens is 1. The molecule has 9 heteroatoms. The van der Waals surface area contributed by atoms with Gasteiger partial charge in [0.25, 0.3) is 11.6 Å². The second-order valence-electron chi connectivity index (χ2n) is 5.13. The largest absolute Gasteiger partial charge is 0.481 e. The monoisotopic (exact) mass is 377 g/mol. The van der Waals surface area contributed by atoms with E-state index in [1.54, 1.807) is 37.3 Å². The summed E-state index contributed by atoms with van der Waals surface area (Å²) in [4.78, 5) is 26.8. The van der Waals surface area contributed by atoms with Gasteiger partial charge < -0.3 is 4.74 Å². The number of ether oxygens (including phenoxy) is 1. The van der Waals surface area contributed by atoms with Crippen molar-refractivity contribution in [3.63, 3.8) is 0 Å². The van der Waals surface area contributed by atoms with Crippen LogP contribution >= 0.6 is 22.9 Å². The summed E-state index contributed by atoms with van der Waals surface area (Å²) < 4.78 is 6.17. The van der Waals surface area contributed by atoms with Crippen LogP contribution in [-0.4, -0.2) is 21.9 Å². The van der Waals surface area contributed by atoms with Gasteiger partial charge in [0.05, 0.1) is 15.1 Å². The molecule has 0 aliphatic heterocycles. The van der Waals surface area contributed by atoms with Crippen LogP contribution in [0.4, 0.5) is 10.8 Å². The van der Waals surface area contributed by atoms with Crippen LogP contribution in [0.15, 0.2) is 42.5 Å². The predicted octanol–water partition coefficient (Wildman–Crippen LogP) is 4.26. The van der Waals surface area contributed by atoms with Crippen molar-refractivity contribution in [2.75, 3.05) is 5.32 Å². The molecule has 0 aliphatic carbocycles. The number of benzene rings is 2. The van der Waals surface area contributed by atoms with Gasteiger partial charge in [-0.2, -0.15) is 0 Å².